The molecule has 8 heteroatoms. The number of ether oxygens (including phenoxy) is 3. The number of amides is 1. The van der Waals surface area contributed by atoms with E-state index >= 15 is 0 Å². The monoisotopic (exact) mass is 352 g/mol. The van der Waals surface area contributed by atoms with Crippen molar-refractivity contribution in [1.82, 2.24) is 0 Å². The third kappa shape index (κ3) is 5.98. The van der Waals surface area contributed by atoms with Crippen LogP contribution < -0.4 is 11.1 Å². The van der Waals surface area contributed by atoms with Gasteiger partial charge in [0.05, 0.1) is 30.0 Å². The normalized spacial score (nSPS) is 10.8. The molecule has 0 heterocycles. The lowest BCUT2D eigenvalue weighted by molar-refractivity contribution is 0.0512. The zero-order chi connectivity index (χ0) is 19.2. The van der Waals surface area contributed by atoms with Crippen LogP contribution in [0, 0.1) is 0 Å². The molecule has 25 heavy (non-hydrogen) atoms. The molecule has 0 aliphatic rings. The van der Waals surface area contributed by atoms with Crippen molar-refractivity contribution in [2.75, 3.05) is 24.3 Å². The Balaban J connectivity index is 3.28. The van der Waals surface area contributed by atoms with E-state index < -0.39 is 23.6 Å². The standard InChI is InChI=1S/C17H24N2O6/c1-6-23-14(20)10-9-13(19-16(22)25-17(3,4)5)11(8-12(10)18)15(21)24-7-2/h8-9H,6-7,18H2,1-5H3,(H,19,22). The smallest absolute Gasteiger partial charge is 0.412 e. The number of esters is 2. The zero-order valence-electron chi connectivity index (χ0n) is 15.1. The number of anilines is 2. The summed E-state index contributed by atoms with van der Waals surface area (Å²) in [4.78, 5) is 36.1. The first-order valence-electron chi connectivity index (χ1n) is 7.86. The summed E-state index contributed by atoms with van der Waals surface area (Å²) in [5.74, 6) is -1.35. The predicted octanol–water partition coefficient (Wildman–Crippen LogP) is 2.97. The van der Waals surface area contributed by atoms with Crippen LogP contribution in [-0.4, -0.2) is 36.8 Å². The molecule has 0 saturated carbocycles. The average Bonchev–Trinajstić information content (AvgIpc) is 2.47. The Bertz CT molecular complexity index is 664. The first kappa shape index (κ1) is 20.3. The fraction of sp³-hybridized carbons (Fsp3) is 0.471. The molecule has 138 valence electrons. The highest BCUT2D eigenvalue weighted by molar-refractivity contribution is 6.05. The highest BCUT2D eigenvalue weighted by Gasteiger charge is 2.23. The van der Waals surface area contributed by atoms with Gasteiger partial charge >= 0.3 is 18.0 Å². The molecule has 0 spiro atoms. The zero-order valence-corrected chi connectivity index (χ0v) is 15.1. The minimum atomic E-state index is -0.780. The van der Waals surface area contributed by atoms with Gasteiger partial charge in [0.25, 0.3) is 0 Å². The van der Waals surface area contributed by atoms with Crippen molar-refractivity contribution in [3.8, 4) is 0 Å². The maximum Gasteiger partial charge on any atom is 0.412 e. The molecule has 0 bridgehead atoms. The first-order valence-corrected chi connectivity index (χ1v) is 7.86. The van der Waals surface area contributed by atoms with Gasteiger partial charge in [-0.3, -0.25) is 5.32 Å². The molecule has 0 aliphatic heterocycles. The summed E-state index contributed by atoms with van der Waals surface area (Å²) in [5, 5.41) is 2.45. The van der Waals surface area contributed by atoms with E-state index in [-0.39, 0.29) is 35.7 Å². The highest BCUT2D eigenvalue weighted by Crippen LogP contribution is 2.26. The van der Waals surface area contributed by atoms with Crippen molar-refractivity contribution >= 4 is 29.4 Å². The van der Waals surface area contributed by atoms with Gasteiger partial charge in [0.15, 0.2) is 0 Å². The maximum atomic E-state index is 12.1. The van der Waals surface area contributed by atoms with E-state index in [1.165, 1.54) is 12.1 Å². The van der Waals surface area contributed by atoms with E-state index in [0.717, 1.165) is 0 Å². The van der Waals surface area contributed by atoms with Gasteiger partial charge in [0, 0.05) is 5.69 Å². The van der Waals surface area contributed by atoms with Crippen LogP contribution >= 0.6 is 0 Å². The van der Waals surface area contributed by atoms with Gasteiger partial charge in [0.1, 0.15) is 5.60 Å². The van der Waals surface area contributed by atoms with Gasteiger partial charge in [-0.05, 0) is 46.8 Å². The molecule has 0 atom stereocenters. The second kappa shape index (κ2) is 8.36. The van der Waals surface area contributed by atoms with Crippen LogP contribution in [0.25, 0.3) is 0 Å². The summed E-state index contributed by atoms with van der Waals surface area (Å²) in [6.07, 6.45) is -0.780. The van der Waals surface area contributed by atoms with Crippen molar-refractivity contribution in [2.24, 2.45) is 0 Å². The fourth-order valence-corrected chi connectivity index (χ4v) is 1.90. The molecular formula is C17H24N2O6. The molecule has 1 aromatic carbocycles. The second-order valence-electron chi connectivity index (χ2n) is 6.05. The number of carbonyl (C=O) groups is 3. The summed E-state index contributed by atoms with van der Waals surface area (Å²) >= 11 is 0. The quantitative estimate of drug-likeness (QED) is 0.475. The molecule has 1 aromatic rings. The number of nitrogens with one attached hydrogen (secondary N) is 1. The van der Waals surface area contributed by atoms with E-state index in [4.69, 9.17) is 19.9 Å². The molecule has 1 rings (SSSR count). The van der Waals surface area contributed by atoms with Crippen LogP contribution in [0.2, 0.25) is 0 Å². The topological polar surface area (TPSA) is 117 Å². The summed E-state index contributed by atoms with van der Waals surface area (Å²) in [5.41, 5.74) is 5.23. The van der Waals surface area contributed by atoms with Crippen LogP contribution in [0.1, 0.15) is 55.3 Å². The molecule has 1 amide bonds. The van der Waals surface area contributed by atoms with Crippen molar-refractivity contribution in [1.29, 1.82) is 0 Å². The number of hydrogen-bond acceptors (Lipinski definition) is 7. The van der Waals surface area contributed by atoms with Gasteiger partial charge in [-0.15, -0.1) is 0 Å². The number of nitrogen functional groups attached to an aromatic ring is 1. The van der Waals surface area contributed by atoms with E-state index in [2.05, 4.69) is 5.32 Å². The molecule has 0 unspecified atom stereocenters. The molecule has 0 saturated heterocycles. The van der Waals surface area contributed by atoms with Crippen LogP contribution in [0.3, 0.4) is 0 Å². The number of nitrogens with two attached hydrogens (primary N) is 1. The second-order valence-corrected chi connectivity index (χ2v) is 6.05. The number of benzene rings is 1. The Morgan fingerprint density at radius 1 is 1.00 bits per heavy atom. The summed E-state index contributed by atoms with van der Waals surface area (Å²) < 4.78 is 15.0. The first-order chi connectivity index (χ1) is 11.6. The van der Waals surface area contributed by atoms with Crippen LogP contribution in [0.5, 0.6) is 0 Å². The van der Waals surface area contributed by atoms with Crippen molar-refractivity contribution in [3.05, 3.63) is 23.3 Å². The summed E-state index contributed by atoms with van der Waals surface area (Å²) in [7, 11) is 0. The Hall–Kier alpha value is -2.77. The molecule has 0 aromatic heterocycles. The Morgan fingerprint density at radius 2 is 1.52 bits per heavy atom. The van der Waals surface area contributed by atoms with Gasteiger partial charge in [-0.2, -0.15) is 0 Å². The van der Waals surface area contributed by atoms with Crippen LogP contribution in [0.4, 0.5) is 16.2 Å². The molecule has 0 radical (unpaired) electrons. The Morgan fingerprint density at radius 3 is 2.00 bits per heavy atom. The Labute approximate surface area is 146 Å². The third-order valence-corrected chi connectivity index (χ3v) is 2.82. The summed E-state index contributed by atoms with van der Waals surface area (Å²) in [6.45, 7) is 8.71. The molecular weight excluding hydrogens is 328 g/mol. The minimum Gasteiger partial charge on any atom is -0.462 e. The lowest BCUT2D eigenvalue weighted by Crippen LogP contribution is -2.28. The lowest BCUT2D eigenvalue weighted by atomic mass is 10.1. The third-order valence-electron chi connectivity index (χ3n) is 2.82. The number of carbonyl (C=O) groups excluding carboxylic acids is 3. The number of rotatable bonds is 5. The van der Waals surface area contributed by atoms with Crippen LogP contribution in [0.15, 0.2) is 12.1 Å². The largest absolute Gasteiger partial charge is 0.462 e. The molecule has 0 aliphatic carbocycles. The molecule has 0 fully saturated rings. The van der Waals surface area contributed by atoms with E-state index in [1.54, 1.807) is 34.6 Å². The van der Waals surface area contributed by atoms with E-state index in [0.29, 0.717) is 0 Å². The minimum absolute atomic E-state index is 0.0123. The van der Waals surface area contributed by atoms with Crippen LogP contribution in [-0.2, 0) is 14.2 Å². The SMILES string of the molecule is CCOC(=O)c1cc(NC(=O)OC(C)(C)C)c(C(=O)OCC)cc1N. The van der Waals surface area contributed by atoms with Crippen molar-refractivity contribution in [2.45, 2.75) is 40.2 Å². The predicted molar refractivity (Wildman–Crippen MR) is 92.6 cm³/mol. The van der Waals surface area contributed by atoms with Crippen molar-refractivity contribution < 1.29 is 28.6 Å². The van der Waals surface area contributed by atoms with E-state index in [9.17, 15) is 14.4 Å². The van der Waals surface area contributed by atoms with Gasteiger partial charge < -0.3 is 19.9 Å². The maximum absolute atomic E-state index is 12.1. The number of hydrogen-bond donors (Lipinski definition) is 2. The highest BCUT2D eigenvalue weighted by atomic mass is 16.6. The summed E-state index contributed by atoms with van der Waals surface area (Å²) in [6, 6.07) is 2.53. The van der Waals surface area contributed by atoms with E-state index in [1.807, 2.05) is 0 Å². The Kier molecular flexibility index (Phi) is 6.78. The molecule has 3 N–H and O–H groups in total. The van der Waals surface area contributed by atoms with Gasteiger partial charge in [-0.1, -0.05) is 0 Å². The average molecular weight is 352 g/mol. The van der Waals surface area contributed by atoms with Crippen molar-refractivity contribution in [3.63, 3.8) is 0 Å². The van der Waals surface area contributed by atoms with Gasteiger partial charge in [-0.25, -0.2) is 14.4 Å². The molecule has 8 nitrogen and oxygen atoms in total. The fourth-order valence-electron chi connectivity index (χ4n) is 1.90. The lowest BCUT2D eigenvalue weighted by Gasteiger charge is -2.20. The van der Waals surface area contributed by atoms with Gasteiger partial charge in [0.2, 0.25) is 0 Å².